The molecule has 0 spiro atoms. The Morgan fingerprint density at radius 3 is 0.905 bits per heavy atom. The Balaban J connectivity index is 1.53. The van der Waals surface area contributed by atoms with Crippen LogP contribution in [0.2, 0.25) is 0 Å². The maximum Gasteiger partial charge on any atom is 0.220 e. The highest BCUT2D eigenvalue weighted by molar-refractivity contribution is 5.76. The summed E-state index contributed by atoms with van der Waals surface area (Å²) < 4.78 is 23.0. The Morgan fingerprint density at radius 2 is 0.600 bits per heavy atom. The third-order valence-corrected chi connectivity index (χ3v) is 23.2. The van der Waals surface area contributed by atoms with E-state index in [0.717, 1.165) is 51.4 Å². The van der Waals surface area contributed by atoms with Crippen molar-refractivity contribution < 1.29 is 64.6 Å². The van der Waals surface area contributed by atoms with E-state index in [9.17, 15) is 45.6 Å². The number of hydrogen-bond donors (Lipinski definition) is 9. The third kappa shape index (κ3) is 57.4. The predicted octanol–water partition coefficient (Wildman–Crippen LogP) is 22.8. The Kier molecular flexibility index (Phi) is 71.7. The molecule has 624 valence electrons. The molecule has 105 heavy (non-hydrogen) atoms. The molecule has 2 aliphatic heterocycles. The summed E-state index contributed by atoms with van der Waals surface area (Å²) in [6, 6.07) is -0.827. The molecule has 0 saturated carbocycles. The molecule has 0 aliphatic carbocycles. The molecule has 0 aromatic carbocycles. The topological polar surface area (TPSA) is 228 Å². The minimum absolute atomic E-state index is 0.194. The predicted molar refractivity (Wildman–Crippen MR) is 439 cm³/mol. The number of rotatable bonds is 81. The summed E-state index contributed by atoms with van der Waals surface area (Å²) in [5.74, 6) is -0.194. The molecule has 12 atom stereocenters. The van der Waals surface area contributed by atoms with Crippen molar-refractivity contribution in [3.05, 3.63) is 12.2 Å². The van der Waals surface area contributed by atoms with Crippen molar-refractivity contribution in [2.24, 2.45) is 0 Å². The largest absolute Gasteiger partial charge is 0.394 e. The summed E-state index contributed by atoms with van der Waals surface area (Å²) in [4.78, 5) is 13.4. The summed E-state index contributed by atoms with van der Waals surface area (Å²) in [5.41, 5.74) is 0. The van der Waals surface area contributed by atoms with E-state index in [1.807, 2.05) is 0 Å². The minimum atomic E-state index is -1.78. The maximum atomic E-state index is 13.4. The number of carbonyl (C=O) groups is 1. The van der Waals surface area contributed by atoms with Crippen LogP contribution in [0.3, 0.4) is 0 Å². The quantitative estimate of drug-likeness (QED) is 0.0204. The van der Waals surface area contributed by atoms with Gasteiger partial charge in [-0.1, -0.05) is 437 Å². The lowest BCUT2D eigenvalue weighted by Crippen LogP contribution is -2.65. The number of unbranched alkanes of at least 4 members (excludes halogenated alkanes) is 66. The van der Waals surface area contributed by atoms with Crippen molar-refractivity contribution in [2.75, 3.05) is 19.8 Å². The molecule has 2 rings (SSSR count). The lowest BCUT2D eigenvalue weighted by Gasteiger charge is -2.46. The molecule has 2 heterocycles. The zero-order valence-electron chi connectivity index (χ0n) is 69.0. The zero-order chi connectivity index (χ0) is 75.8. The van der Waals surface area contributed by atoms with Crippen molar-refractivity contribution >= 4 is 5.91 Å². The number of aliphatic hydroxyl groups excluding tert-OH is 8. The van der Waals surface area contributed by atoms with E-state index >= 15 is 0 Å². The first kappa shape index (κ1) is 99.8. The lowest BCUT2D eigenvalue weighted by molar-refractivity contribution is -0.359. The van der Waals surface area contributed by atoms with E-state index in [1.54, 1.807) is 0 Å². The zero-order valence-corrected chi connectivity index (χ0v) is 69.0. The van der Waals surface area contributed by atoms with Crippen molar-refractivity contribution in [1.29, 1.82) is 0 Å². The summed E-state index contributed by atoms with van der Waals surface area (Å²) in [5, 5.41) is 88.1. The molecule has 2 saturated heterocycles. The van der Waals surface area contributed by atoms with Crippen LogP contribution in [0.5, 0.6) is 0 Å². The fourth-order valence-electron chi connectivity index (χ4n) is 15.9. The van der Waals surface area contributed by atoms with Gasteiger partial charge in [-0.2, -0.15) is 0 Å². The average Bonchev–Trinajstić information content (AvgIpc) is 0.769. The van der Waals surface area contributed by atoms with Gasteiger partial charge in [0.25, 0.3) is 0 Å². The van der Waals surface area contributed by atoms with Crippen LogP contribution < -0.4 is 5.32 Å². The highest BCUT2D eigenvalue weighted by atomic mass is 16.7. The molecule has 2 fully saturated rings. The minimum Gasteiger partial charge on any atom is -0.394 e. The summed E-state index contributed by atoms with van der Waals surface area (Å²) in [7, 11) is 0. The van der Waals surface area contributed by atoms with Gasteiger partial charge in [-0.05, 0) is 38.5 Å². The number of aliphatic hydroxyl groups is 8. The molecule has 0 radical (unpaired) electrons. The molecule has 14 nitrogen and oxygen atoms in total. The molecule has 12 unspecified atom stereocenters. The normalized spacial score (nSPS) is 21.3. The van der Waals surface area contributed by atoms with Crippen molar-refractivity contribution in [1.82, 2.24) is 5.32 Å². The van der Waals surface area contributed by atoms with Gasteiger partial charge in [0.2, 0.25) is 5.91 Å². The summed E-state index contributed by atoms with van der Waals surface area (Å²) in [6.07, 6.45) is 81.7. The van der Waals surface area contributed by atoms with Gasteiger partial charge in [0, 0.05) is 6.42 Å². The van der Waals surface area contributed by atoms with Gasteiger partial charge < -0.3 is 65.1 Å². The highest BCUT2D eigenvalue weighted by Gasteiger charge is 2.51. The van der Waals surface area contributed by atoms with E-state index < -0.39 is 86.8 Å². The lowest BCUT2D eigenvalue weighted by atomic mass is 9.97. The Morgan fingerprint density at radius 1 is 0.333 bits per heavy atom. The first-order valence-corrected chi connectivity index (χ1v) is 46.4. The van der Waals surface area contributed by atoms with Crippen molar-refractivity contribution in [3.8, 4) is 0 Å². The van der Waals surface area contributed by atoms with Crippen LogP contribution in [0.4, 0.5) is 0 Å². The fourth-order valence-corrected chi connectivity index (χ4v) is 15.9. The van der Waals surface area contributed by atoms with E-state index in [0.29, 0.717) is 12.8 Å². The van der Waals surface area contributed by atoms with Crippen LogP contribution in [-0.4, -0.2) is 140 Å². The number of allylic oxidation sites excluding steroid dienone is 2. The Hall–Kier alpha value is -1.27. The van der Waals surface area contributed by atoms with Gasteiger partial charge in [0.05, 0.1) is 32.0 Å². The van der Waals surface area contributed by atoms with Crippen LogP contribution in [0.15, 0.2) is 12.2 Å². The second kappa shape index (κ2) is 75.4. The molecule has 0 aromatic heterocycles. The maximum absolute atomic E-state index is 13.4. The van der Waals surface area contributed by atoms with Gasteiger partial charge in [0.1, 0.15) is 48.8 Å². The third-order valence-electron chi connectivity index (χ3n) is 23.2. The summed E-state index contributed by atoms with van der Waals surface area (Å²) in [6.45, 7) is 2.95. The van der Waals surface area contributed by atoms with Crippen LogP contribution in [0, 0.1) is 0 Å². The molecule has 1 amide bonds. The van der Waals surface area contributed by atoms with E-state index in [-0.39, 0.29) is 12.5 Å². The monoisotopic (exact) mass is 1490 g/mol. The number of nitrogens with one attached hydrogen (secondary N) is 1. The summed E-state index contributed by atoms with van der Waals surface area (Å²) >= 11 is 0. The number of amides is 1. The molecule has 0 aromatic rings. The van der Waals surface area contributed by atoms with Gasteiger partial charge >= 0.3 is 0 Å². The first-order valence-electron chi connectivity index (χ1n) is 46.4. The standard InChI is InChI=1S/C91H177NO13/c1-3-5-7-9-11-13-15-17-19-21-23-25-27-29-31-33-35-36-37-38-39-40-41-42-43-44-45-47-49-51-53-55-57-59-61-63-65-67-69-71-73-75-83(96)92-79(78-102-90-88(101)86(99)89(82(77-94)104-90)105-91-87(100)85(98)84(97)81(76-93)103-91)80(95)74-72-70-68-66-64-62-60-58-56-54-52-50-48-46-34-32-30-28-26-24-22-20-18-16-14-12-10-8-6-4-2/h21,23,79-82,84-91,93-95,97-101H,3-20,22,24-78H2,1-2H3,(H,92,96)/b23-21-. The highest BCUT2D eigenvalue weighted by Crippen LogP contribution is 2.31. The van der Waals surface area contributed by atoms with Crippen LogP contribution in [0.25, 0.3) is 0 Å². The molecular weight excluding hydrogens is 1310 g/mol. The van der Waals surface area contributed by atoms with Crippen LogP contribution in [-0.2, 0) is 23.7 Å². The van der Waals surface area contributed by atoms with Crippen LogP contribution >= 0.6 is 0 Å². The number of carbonyl (C=O) groups excluding carboxylic acids is 1. The van der Waals surface area contributed by atoms with Gasteiger partial charge in [0.15, 0.2) is 12.6 Å². The Bertz CT molecular complexity index is 1810. The second-order valence-electron chi connectivity index (χ2n) is 33.1. The Labute approximate surface area is 647 Å². The second-order valence-corrected chi connectivity index (χ2v) is 33.1. The molecule has 0 bridgehead atoms. The van der Waals surface area contributed by atoms with Gasteiger partial charge in [-0.3, -0.25) is 4.79 Å². The van der Waals surface area contributed by atoms with E-state index in [1.165, 1.54) is 392 Å². The van der Waals surface area contributed by atoms with E-state index in [2.05, 4.69) is 31.3 Å². The van der Waals surface area contributed by atoms with Gasteiger partial charge in [-0.15, -0.1) is 0 Å². The van der Waals surface area contributed by atoms with Crippen LogP contribution in [0.1, 0.15) is 470 Å². The molecular formula is C91H177NO13. The number of hydrogen-bond acceptors (Lipinski definition) is 13. The van der Waals surface area contributed by atoms with Crippen molar-refractivity contribution in [3.63, 3.8) is 0 Å². The number of ether oxygens (including phenoxy) is 4. The molecule has 2 aliphatic rings. The molecule has 14 heteroatoms. The van der Waals surface area contributed by atoms with E-state index in [4.69, 9.17) is 18.9 Å². The fraction of sp³-hybridized carbons (Fsp3) is 0.967. The van der Waals surface area contributed by atoms with Gasteiger partial charge in [-0.25, -0.2) is 0 Å². The molecule has 9 N–H and O–H groups in total. The average molecular weight is 1490 g/mol. The smallest absolute Gasteiger partial charge is 0.220 e. The first-order chi connectivity index (χ1) is 51.6. The SMILES string of the molecule is CCCCCCCCCC/C=C\CCCCCCCCCCCCCCCCCCCCCCCCCCCCCCCC(=O)NC(COC1OC(CO)C(OC2OC(CO)C(O)C(O)C2O)C(O)C1O)C(O)CCCCCCCCCCCCCCCCCCCCCCCCCCCCCCCC. The van der Waals surface area contributed by atoms with Crippen molar-refractivity contribution in [2.45, 2.75) is 543 Å².